The highest BCUT2D eigenvalue weighted by Gasteiger charge is 2.09. The van der Waals surface area contributed by atoms with Crippen LogP contribution >= 0.6 is 0 Å². The molecule has 0 N–H and O–H groups in total. The monoisotopic (exact) mass is 239 g/mol. The van der Waals surface area contributed by atoms with E-state index in [2.05, 4.69) is 5.18 Å². The molecule has 1 aromatic rings. The zero-order valence-electron chi connectivity index (χ0n) is 9.63. The molecule has 0 atom stereocenters. The SMILES string of the molecule is CCOC(=O)COc1ccc(N=O)cc1OC. The van der Waals surface area contributed by atoms with Crippen LogP contribution in [0.25, 0.3) is 0 Å². The molecular weight excluding hydrogens is 226 g/mol. The van der Waals surface area contributed by atoms with Crippen LogP contribution in [0.15, 0.2) is 23.4 Å². The molecule has 0 aromatic heterocycles. The molecule has 0 fully saturated rings. The van der Waals surface area contributed by atoms with Gasteiger partial charge in [0.05, 0.1) is 13.7 Å². The Labute approximate surface area is 98.5 Å². The maximum atomic E-state index is 11.1. The van der Waals surface area contributed by atoms with Gasteiger partial charge in [0.25, 0.3) is 0 Å². The standard InChI is InChI=1S/C11H13NO5/c1-3-16-11(13)7-17-9-5-4-8(12-14)6-10(9)15-2/h4-6H,3,7H2,1-2H3. The van der Waals surface area contributed by atoms with E-state index in [-0.39, 0.29) is 12.3 Å². The van der Waals surface area contributed by atoms with Crippen molar-refractivity contribution in [2.45, 2.75) is 6.92 Å². The predicted octanol–water partition coefficient (Wildman–Crippen LogP) is 2.04. The molecule has 0 amide bonds. The van der Waals surface area contributed by atoms with Crippen LogP contribution < -0.4 is 9.47 Å². The van der Waals surface area contributed by atoms with Crippen LogP contribution in [0.3, 0.4) is 0 Å². The molecule has 0 aliphatic rings. The molecule has 1 aromatic carbocycles. The average Bonchev–Trinajstić information content (AvgIpc) is 2.36. The molecule has 92 valence electrons. The number of nitrogens with zero attached hydrogens (tertiary/aromatic N) is 1. The summed E-state index contributed by atoms with van der Waals surface area (Å²) < 4.78 is 14.9. The average molecular weight is 239 g/mol. The van der Waals surface area contributed by atoms with Crippen LogP contribution in [0, 0.1) is 4.91 Å². The molecular formula is C11H13NO5. The number of carbonyl (C=O) groups excluding carboxylic acids is 1. The van der Waals surface area contributed by atoms with Gasteiger partial charge in [-0.05, 0) is 24.2 Å². The summed E-state index contributed by atoms with van der Waals surface area (Å²) in [6, 6.07) is 4.40. The third kappa shape index (κ3) is 3.75. The third-order valence-corrected chi connectivity index (χ3v) is 1.90. The van der Waals surface area contributed by atoms with Gasteiger partial charge in [-0.15, -0.1) is 4.91 Å². The van der Waals surface area contributed by atoms with E-state index < -0.39 is 5.97 Å². The van der Waals surface area contributed by atoms with E-state index in [1.165, 1.54) is 25.3 Å². The Morgan fingerprint density at radius 1 is 1.35 bits per heavy atom. The maximum Gasteiger partial charge on any atom is 0.344 e. The number of benzene rings is 1. The Bertz CT molecular complexity index is 405. The lowest BCUT2D eigenvalue weighted by atomic mass is 10.3. The predicted molar refractivity (Wildman–Crippen MR) is 60.6 cm³/mol. The smallest absolute Gasteiger partial charge is 0.344 e. The Kier molecular flexibility index (Phi) is 4.93. The second-order valence-electron chi connectivity index (χ2n) is 3.02. The first-order chi connectivity index (χ1) is 8.21. The highest BCUT2D eigenvalue weighted by molar-refractivity contribution is 5.71. The summed E-state index contributed by atoms with van der Waals surface area (Å²) >= 11 is 0. The van der Waals surface area contributed by atoms with Gasteiger partial charge in [0.2, 0.25) is 0 Å². The van der Waals surface area contributed by atoms with Crippen molar-refractivity contribution in [2.75, 3.05) is 20.3 Å². The van der Waals surface area contributed by atoms with Crippen molar-refractivity contribution < 1.29 is 19.0 Å². The lowest BCUT2D eigenvalue weighted by Crippen LogP contribution is -2.14. The van der Waals surface area contributed by atoms with E-state index in [1.807, 2.05) is 0 Å². The van der Waals surface area contributed by atoms with Crippen LogP contribution in [0.4, 0.5) is 5.69 Å². The van der Waals surface area contributed by atoms with E-state index in [9.17, 15) is 9.70 Å². The van der Waals surface area contributed by atoms with Gasteiger partial charge in [-0.3, -0.25) is 0 Å². The van der Waals surface area contributed by atoms with Gasteiger partial charge in [-0.2, -0.15) is 0 Å². The van der Waals surface area contributed by atoms with E-state index in [4.69, 9.17) is 14.2 Å². The molecule has 1 rings (SSSR count). The summed E-state index contributed by atoms with van der Waals surface area (Å²) in [6.07, 6.45) is 0. The van der Waals surface area contributed by atoms with Crippen LogP contribution in [-0.4, -0.2) is 26.3 Å². The van der Waals surface area contributed by atoms with Crippen LogP contribution in [0.2, 0.25) is 0 Å². The van der Waals surface area contributed by atoms with Gasteiger partial charge in [0.1, 0.15) is 5.69 Å². The second-order valence-corrected chi connectivity index (χ2v) is 3.02. The van der Waals surface area contributed by atoms with Gasteiger partial charge in [-0.1, -0.05) is 0 Å². The molecule has 17 heavy (non-hydrogen) atoms. The molecule has 0 aliphatic carbocycles. The lowest BCUT2D eigenvalue weighted by Gasteiger charge is -2.09. The first-order valence-electron chi connectivity index (χ1n) is 5.01. The highest BCUT2D eigenvalue weighted by atomic mass is 16.6. The van der Waals surface area contributed by atoms with Crippen molar-refractivity contribution in [2.24, 2.45) is 5.18 Å². The normalized spacial score (nSPS) is 9.53. The van der Waals surface area contributed by atoms with E-state index in [0.717, 1.165) is 0 Å². The Hall–Kier alpha value is -2.11. The van der Waals surface area contributed by atoms with Crippen molar-refractivity contribution in [1.29, 1.82) is 0 Å². The quantitative estimate of drug-likeness (QED) is 0.561. The maximum absolute atomic E-state index is 11.1. The Morgan fingerprint density at radius 3 is 2.71 bits per heavy atom. The second kappa shape index (κ2) is 6.47. The summed E-state index contributed by atoms with van der Waals surface area (Å²) in [4.78, 5) is 21.4. The summed E-state index contributed by atoms with van der Waals surface area (Å²) in [5.41, 5.74) is 0.227. The van der Waals surface area contributed by atoms with Crippen LogP contribution in [0.1, 0.15) is 6.92 Å². The number of methoxy groups -OCH3 is 1. The number of ether oxygens (including phenoxy) is 3. The van der Waals surface area contributed by atoms with Crippen LogP contribution in [0.5, 0.6) is 11.5 Å². The van der Waals surface area contributed by atoms with Gasteiger partial charge < -0.3 is 14.2 Å². The van der Waals surface area contributed by atoms with Gasteiger partial charge >= 0.3 is 5.97 Å². The number of hydrogen-bond donors (Lipinski definition) is 0. The Morgan fingerprint density at radius 2 is 2.12 bits per heavy atom. The molecule has 0 bridgehead atoms. The zero-order chi connectivity index (χ0) is 12.7. The number of esters is 1. The summed E-state index contributed by atoms with van der Waals surface area (Å²) in [6.45, 7) is 1.80. The van der Waals surface area contributed by atoms with Gasteiger partial charge in [-0.25, -0.2) is 4.79 Å². The molecule has 0 saturated heterocycles. The number of nitroso groups, excluding NO2 is 1. The zero-order valence-corrected chi connectivity index (χ0v) is 9.63. The summed E-state index contributed by atoms with van der Waals surface area (Å²) in [5.74, 6) is 0.228. The molecule has 0 radical (unpaired) electrons. The first kappa shape index (κ1) is 13.0. The molecule has 0 spiro atoms. The summed E-state index contributed by atoms with van der Waals surface area (Å²) in [5, 5.41) is 2.77. The van der Waals surface area contributed by atoms with Crippen molar-refractivity contribution in [1.82, 2.24) is 0 Å². The minimum atomic E-state index is -0.466. The van der Waals surface area contributed by atoms with E-state index in [1.54, 1.807) is 6.92 Å². The molecule has 6 nitrogen and oxygen atoms in total. The van der Waals surface area contributed by atoms with Gasteiger partial charge in [0.15, 0.2) is 18.1 Å². The highest BCUT2D eigenvalue weighted by Crippen LogP contribution is 2.31. The summed E-state index contributed by atoms with van der Waals surface area (Å²) in [7, 11) is 1.43. The van der Waals surface area contributed by atoms with Gasteiger partial charge in [0, 0.05) is 6.07 Å². The fourth-order valence-corrected chi connectivity index (χ4v) is 1.17. The fraction of sp³-hybridized carbons (Fsp3) is 0.364. The lowest BCUT2D eigenvalue weighted by molar-refractivity contribution is -0.145. The topological polar surface area (TPSA) is 74.2 Å². The van der Waals surface area contributed by atoms with E-state index in [0.29, 0.717) is 18.1 Å². The molecule has 0 unspecified atom stereocenters. The minimum absolute atomic E-state index is 0.210. The number of carbonyl (C=O) groups is 1. The Balaban J connectivity index is 2.70. The van der Waals surface area contributed by atoms with Crippen molar-refractivity contribution in [3.05, 3.63) is 23.1 Å². The molecule has 6 heteroatoms. The first-order valence-corrected chi connectivity index (χ1v) is 5.01. The molecule has 0 aliphatic heterocycles. The molecule has 0 heterocycles. The third-order valence-electron chi connectivity index (χ3n) is 1.90. The molecule has 0 saturated carbocycles. The van der Waals surface area contributed by atoms with E-state index >= 15 is 0 Å². The number of hydrogen-bond acceptors (Lipinski definition) is 6. The van der Waals surface area contributed by atoms with Crippen molar-refractivity contribution in [3.63, 3.8) is 0 Å². The van der Waals surface area contributed by atoms with Crippen molar-refractivity contribution in [3.8, 4) is 11.5 Å². The van der Waals surface area contributed by atoms with Crippen LogP contribution in [-0.2, 0) is 9.53 Å². The largest absolute Gasteiger partial charge is 0.493 e. The minimum Gasteiger partial charge on any atom is -0.493 e. The number of rotatable bonds is 6. The van der Waals surface area contributed by atoms with Crippen molar-refractivity contribution >= 4 is 11.7 Å². The fourth-order valence-electron chi connectivity index (χ4n) is 1.17.